The summed E-state index contributed by atoms with van der Waals surface area (Å²) in [5, 5.41) is 8.93. The van der Waals surface area contributed by atoms with E-state index < -0.39 is 11.9 Å². The van der Waals surface area contributed by atoms with Gasteiger partial charge >= 0.3 is 5.97 Å². The number of nitrogens with one attached hydrogen (secondary N) is 2. The monoisotopic (exact) mass is 274 g/mol. The fourth-order valence-electron chi connectivity index (χ4n) is 1.60. The van der Waals surface area contributed by atoms with Crippen LogP contribution in [0.3, 0.4) is 0 Å². The lowest BCUT2D eigenvalue weighted by molar-refractivity contribution is 0.0527. The highest BCUT2D eigenvalue weighted by atomic mass is 16.5. The van der Waals surface area contributed by atoms with E-state index in [-0.39, 0.29) is 18.0 Å². The van der Waals surface area contributed by atoms with Gasteiger partial charge in [-0.3, -0.25) is 9.89 Å². The van der Waals surface area contributed by atoms with E-state index >= 15 is 0 Å². The number of H-pyrrole nitrogens is 1. The molecule has 0 spiro atoms. The summed E-state index contributed by atoms with van der Waals surface area (Å²) in [5.41, 5.74) is 0.647. The van der Waals surface area contributed by atoms with E-state index in [0.29, 0.717) is 11.5 Å². The fraction of sp³-hybridized carbons (Fsp3) is 0.231. The Morgan fingerprint density at radius 3 is 2.75 bits per heavy atom. The highest BCUT2D eigenvalue weighted by Gasteiger charge is 2.16. The van der Waals surface area contributed by atoms with Crippen LogP contribution in [0.2, 0.25) is 0 Å². The largest absolute Gasteiger partial charge is 0.462 e. The first-order valence-corrected chi connectivity index (χ1v) is 6.08. The lowest BCUT2D eigenvalue weighted by Crippen LogP contribution is -2.17. The van der Waals surface area contributed by atoms with Crippen LogP contribution in [0, 0.1) is 6.92 Å². The molecular formula is C13H14N4O3. The van der Waals surface area contributed by atoms with Gasteiger partial charge in [0.1, 0.15) is 5.82 Å². The number of rotatable bonds is 4. The number of carbonyl (C=O) groups excluding carboxylic acids is 2. The summed E-state index contributed by atoms with van der Waals surface area (Å²) in [6, 6.07) is 6.60. The Kier molecular flexibility index (Phi) is 4.09. The van der Waals surface area contributed by atoms with Crippen LogP contribution in [0.15, 0.2) is 24.3 Å². The summed E-state index contributed by atoms with van der Waals surface area (Å²) < 4.78 is 4.93. The lowest BCUT2D eigenvalue weighted by atomic mass is 10.2. The van der Waals surface area contributed by atoms with Crippen LogP contribution in [0.1, 0.15) is 33.7 Å². The number of nitrogens with zero attached hydrogens (tertiary/aromatic N) is 2. The molecule has 0 saturated heterocycles. The maximum atomic E-state index is 12.0. The quantitative estimate of drug-likeness (QED) is 0.824. The zero-order valence-corrected chi connectivity index (χ0v) is 11.1. The van der Waals surface area contributed by atoms with Crippen molar-refractivity contribution in [2.45, 2.75) is 13.8 Å². The van der Waals surface area contributed by atoms with Crippen LogP contribution in [0.25, 0.3) is 0 Å². The summed E-state index contributed by atoms with van der Waals surface area (Å²) in [6.45, 7) is 3.67. The van der Waals surface area contributed by atoms with Gasteiger partial charge in [0, 0.05) is 0 Å². The number of carbonyl (C=O) groups is 2. The topological polar surface area (TPSA) is 97.0 Å². The SMILES string of the molecule is CCOC(=O)c1ccccc1NC(=O)c1n[nH]c(C)n1. The van der Waals surface area contributed by atoms with Crippen LogP contribution in [0.4, 0.5) is 5.69 Å². The predicted molar refractivity (Wildman–Crippen MR) is 71.5 cm³/mol. The highest BCUT2D eigenvalue weighted by Crippen LogP contribution is 2.16. The number of aromatic nitrogens is 3. The molecule has 20 heavy (non-hydrogen) atoms. The molecule has 1 aromatic heterocycles. The number of aryl methyl sites for hydroxylation is 1. The number of benzene rings is 1. The lowest BCUT2D eigenvalue weighted by Gasteiger charge is -2.08. The number of esters is 1. The Bertz CT molecular complexity index is 636. The van der Waals surface area contributed by atoms with E-state index in [9.17, 15) is 9.59 Å². The van der Waals surface area contributed by atoms with Gasteiger partial charge in [-0.25, -0.2) is 9.78 Å². The molecule has 104 valence electrons. The fourth-order valence-corrected chi connectivity index (χ4v) is 1.60. The molecular weight excluding hydrogens is 260 g/mol. The minimum atomic E-state index is -0.494. The minimum Gasteiger partial charge on any atom is -0.462 e. The van der Waals surface area contributed by atoms with Crippen molar-refractivity contribution in [1.29, 1.82) is 0 Å². The van der Waals surface area contributed by atoms with Gasteiger partial charge in [-0.1, -0.05) is 12.1 Å². The van der Waals surface area contributed by atoms with Gasteiger partial charge in [0.25, 0.3) is 5.91 Å². The molecule has 0 saturated carbocycles. The van der Waals surface area contributed by atoms with Crippen LogP contribution in [-0.4, -0.2) is 33.7 Å². The van der Waals surface area contributed by atoms with Crippen molar-refractivity contribution >= 4 is 17.6 Å². The van der Waals surface area contributed by atoms with Gasteiger partial charge in [-0.15, -0.1) is 5.10 Å². The number of ether oxygens (including phenoxy) is 1. The second-order valence-electron chi connectivity index (χ2n) is 3.96. The maximum absolute atomic E-state index is 12.0. The Balaban J connectivity index is 2.21. The van der Waals surface area contributed by atoms with Gasteiger partial charge < -0.3 is 10.1 Å². The molecule has 0 unspecified atom stereocenters. The average Bonchev–Trinajstić information content (AvgIpc) is 2.86. The zero-order chi connectivity index (χ0) is 14.5. The Morgan fingerprint density at radius 1 is 1.35 bits per heavy atom. The molecule has 0 aliphatic heterocycles. The summed E-state index contributed by atoms with van der Waals surface area (Å²) in [7, 11) is 0. The van der Waals surface area contributed by atoms with Crippen molar-refractivity contribution in [3.8, 4) is 0 Å². The molecule has 0 radical (unpaired) electrons. The average molecular weight is 274 g/mol. The van der Waals surface area contributed by atoms with Crippen molar-refractivity contribution in [1.82, 2.24) is 15.2 Å². The highest BCUT2D eigenvalue weighted by molar-refractivity contribution is 6.06. The molecule has 2 N–H and O–H groups in total. The van der Waals surface area contributed by atoms with Crippen molar-refractivity contribution in [2.24, 2.45) is 0 Å². The normalized spacial score (nSPS) is 10.1. The number of para-hydroxylation sites is 1. The van der Waals surface area contributed by atoms with Crippen molar-refractivity contribution in [2.75, 3.05) is 11.9 Å². The number of hydrogen-bond donors (Lipinski definition) is 2. The van der Waals surface area contributed by atoms with Gasteiger partial charge in [0.2, 0.25) is 5.82 Å². The molecule has 2 aromatic rings. The third-order valence-electron chi connectivity index (χ3n) is 2.47. The molecule has 0 bridgehead atoms. The summed E-state index contributed by atoms with van der Waals surface area (Å²) in [6.07, 6.45) is 0. The maximum Gasteiger partial charge on any atom is 0.340 e. The van der Waals surface area contributed by atoms with E-state index in [1.165, 1.54) is 0 Å². The Hall–Kier alpha value is -2.70. The molecule has 0 atom stereocenters. The summed E-state index contributed by atoms with van der Waals surface area (Å²) in [5.74, 6) is -0.435. The van der Waals surface area contributed by atoms with Crippen molar-refractivity contribution in [3.05, 3.63) is 41.5 Å². The molecule has 0 fully saturated rings. The molecule has 0 aliphatic carbocycles. The van der Waals surface area contributed by atoms with Crippen molar-refractivity contribution < 1.29 is 14.3 Å². The van der Waals surface area contributed by atoms with Crippen molar-refractivity contribution in [3.63, 3.8) is 0 Å². The third kappa shape index (κ3) is 3.00. The molecule has 0 aliphatic rings. The first-order valence-electron chi connectivity index (χ1n) is 6.08. The first kappa shape index (κ1) is 13.7. The molecule has 1 heterocycles. The number of amides is 1. The number of hydrogen-bond acceptors (Lipinski definition) is 5. The van der Waals surface area contributed by atoms with E-state index in [2.05, 4.69) is 20.5 Å². The number of anilines is 1. The van der Waals surface area contributed by atoms with E-state index in [0.717, 1.165) is 0 Å². The van der Waals surface area contributed by atoms with Gasteiger partial charge in [0.05, 0.1) is 17.9 Å². The number of aromatic amines is 1. The first-order chi connectivity index (χ1) is 9.61. The molecule has 7 nitrogen and oxygen atoms in total. The standard InChI is InChI=1S/C13H14N4O3/c1-3-20-13(19)9-6-4-5-7-10(9)15-12(18)11-14-8(2)16-17-11/h4-7H,3H2,1-2H3,(H,15,18)(H,14,16,17). The third-order valence-corrected chi connectivity index (χ3v) is 2.47. The Morgan fingerprint density at radius 2 is 2.10 bits per heavy atom. The predicted octanol–water partition coefficient (Wildman–Crippen LogP) is 1.54. The minimum absolute atomic E-state index is 0.0150. The van der Waals surface area contributed by atoms with E-state index in [4.69, 9.17) is 4.74 Å². The van der Waals surface area contributed by atoms with Crippen LogP contribution in [0.5, 0.6) is 0 Å². The molecule has 7 heteroatoms. The zero-order valence-electron chi connectivity index (χ0n) is 11.1. The second kappa shape index (κ2) is 5.96. The second-order valence-corrected chi connectivity index (χ2v) is 3.96. The Labute approximate surface area is 115 Å². The van der Waals surface area contributed by atoms with E-state index in [1.54, 1.807) is 38.1 Å². The molecule has 2 rings (SSSR count). The molecule has 1 amide bonds. The van der Waals surface area contributed by atoms with Gasteiger partial charge in [0.15, 0.2) is 0 Å². The summed E-state index contributed by atoms with van der Waals surface area (Å²) >= 11 is 0. The van der Waals surface area contributed by atoms with Crippen LogP contribution in [-0.2, 0) is 4.74 Å². The van der Waals surface area contributed by atoms with E-state index in [1.807, 2.05) is 0 Å². The molecule has 1 aromatic carbocycles. The van der Waals surface area contributed by atoms with Gasteiger partial charge in [-0.05, 0) is 26.0 Å². The van der Waals surface area contributed by atoms with Crippen LogP contribution >= 0.6 is 0 Å². The smallest absolute Gasteiger partial charge is 0.340 e. The van der Waals surface area contributed by atoms with Gasteiger partial charge in [-0.2, -0.15) is 0 Å². The van der Waals surface area contributed by atoms with Crippen LogP contribution < -0.4 is 5.32 Å². The summed E-state index contributed by atoms with van der Waals surface area (Å²) in [4.78, 5) is 27.7.